The molecule has 3 rings (SSSR count). The van der Waals surface area contributed by atoms with E-state index in [1.54, 1.807) is 49.5 Å². The topological polar surface area (TPSA) is 80.1 Å². The van der Waals surface area contributed by atoms with E-state index < -0.39 is 10.0 Å². The highest BCUT2D eigenvalue weighted by atomic mass is 32.2. The summed E-state index contributed by atoms with van der Waals surface area (Å²) in [4.78, 5) is 14.4. The van der Waals surface area contributed by atoms with Gasteiger partial charge in [-0.05, 0) is 49.4 Å². The van der Waals surface area contributed by atoms with Crippen LogP contribution in [0.5, 0.6) is 5.75 Å². The van der Waals surface area contributed by atoms with Crippen LogP contribution in [0.3, 0.4) is 0 Å². The monoisotopic (exact) mass is 454 g/mol. The average Bonchev–Trinajstić information content (AvgIpc) is 3.21. The van der Waals surface area contributed by atoms with Crippen molar-refractivity contribution in [1.29, 1.82) is 0 Å². The smallest absolute Gasteiger partial charge is 0.264 e. The maximum Gasteiger partial charge on any atom is 0.264 e. The standard InChI is InChI=1S/C24H26N2O5S/c1-5-15-26(22-11-6-7-12-23(22)30-4)32(28,29)21-10-8-9-19(16-21)24(27)25(3)17-20-14-13-18(2)31-20/h5-14,16H,1,15,17H2,2-4H3. The summed E-state index contributed by atoms with van der Waals surface area (Å²) in [6.45, 7) is 5.82. The molecule has 0 aliphatic rings. The van der Waals surface area contributed by atoms with Crippen molar-refractivity contribution in [3.05, 3.63) is 90.4 Å². The van der Waals surface area contributed by atoms with Gasteiger partial charge in [-0.25, -0.2) is 8.42 Å². The molecule has 8 heteroatoms. The highest BCUT2D eigenvalue weighted by molar-refractivity contribution is 7.92. The van der Waals surface area contributed by atoms with Gasteiger partial charge in [-0.3, -0.25) is 9.10 Å². The van der Waals surface area contributed by atoms with E-state index in [0.29, 0.717) is 17.2 Å². The Bertz CT molecular complexity index is 1220. The number of hydrogen-bond acceptors (Lipinski definition) is 5. The molecule has 0 unspecified atom stereocenters. The summed E-state index contributed by atoms with van der Waals surface area (Å²) in [5.41, 5.74) is 0.646. The number of rotatable bonds is 9. The molecule has 168 valence electrons. The third-order valence-electron chi connectivity index (χ3n) is 4.85. The number of furan rings is 1. The Morgan fingerprint density at radius 3 is 2.53 bits per heavy atom. The lowest BCUT2D eigenvalue weighted by atomic mass is 10.2. The Morgan fingerprint density at radius 1 is 1.12 bits per heavy atom. The second-order valence-corrected chi connectivity index (χ2v) is 9.06. The number of ether oxygens (including phenoxy) is 1. The third kappa shape index (κ3) is 4.86. The number of amides is 1. The van der Waals surface area contributed by atoms with Crippen molar-refractivity contribution in [3.63, 3.8) is 0 Å². The molecule has 0 N–H and O–H groups in total. The van der Waals surface area contributed by atoms with Crippen molar-refractivity contribution < 1.29 is 22.4 Å². The molecule has 0 saturated carbocycles. The van der Waals surface area contributed by atoms with Gasteiger partial charge < -0.3 is 14.1 Å². The van der Waals surface area contributed by atoms with Crippen molar-refractivity contribution in [2.45, 2.75) is 18.4 Å². The Morgan fingerprint density at radius 2 is 1.88 bits per heavy atom. The summed E-state index contributed by atoms with van der Waals surface area (Å²) in [5, 5.41) is 0. The average molecular weight is 455 g/mol. The van der Waals surface area contributed by atoms with Crippen LogP contribution < -0.4 is 9.04 Å². The zero-order valence-corrected chi connectivity index (χ0v) is 19.1. The number of nitrogens with zero attached hydrogens (tertiary/aromatic N) is 2. The number of carbonyl (C=O) groups is 1. The predicted molar refractivity (Wildman–Crippen MR) is 123 cm³/mol. The Labute approximate surface area is 188 Å². The van der Waals surface area contributed by atoms with E-state index in [2.05, 4.69) is 6.58 Å². The van der Waals surface area contributed by atoms with Crippen LogP contribution in [-0.2, 0) is 16.6 Å². The van der Waals surface area contributed by atoms with E-state index in [-0.39, 0.29) is 29.5 Å². The molecule has 0 aliphatic carbocycles. The van der Waals surface area contributed by atoms with Crippen LogP contribution >= 0.6 is 0 Å². The van der Waals surface area contributed by atoms with Crippen LogP contribution in [0.4, 0.5) is 5.69 Å². The maximum absolute atomic E-state index is 13.5. The zero-order valence-electron chi connectivity index (χ0n) is 18.3. The summed E-state index contributed by atoms with van der Waals surface area (Å²) in [7, 11) is -0.875. The lowest BCUT2D eigenvalue weighted by molar-refractivity contribution is 0.0774. The van der Waals surface area contributed by atoms with Gasteiger partial charge in [0.15, 0.2) is 0 Å². The van der Waals surface area contributed by atoms with Crippen molar-refractivity contribution in [2.24, 2.45) is 0 Å². The minimum Gasteiger partial charge on any atom is -0.495 e. The van der Waals surface area contributed by atoms with Gasteiger partial charge in [0.2, 0.25) is 0 Å². The van der Waals surface area contributed by atoms with E-state index in [9.17, 15) is 13.2 Å². The van der Waals surface area contributed by atoms with Crippen molar-refractivity contribution in [3.8, 4) is 5.75 Å². The van der Waals surface area contributed by atoms with Gasteiger partial charge in [-0.2, -0.15) is 0 Å². The SMILES string of the molecule is C=CCN(c1ccccc1OC)S(=O)(=O)c1cccc(C(=O)N(C)Cc2ccc(C)o2)c1. The van der Waals surface area contributed by atoms with E-state index >= 15 is 0 Å². The molecular weight excluding hydrogens is 428 g/mol. The Balaban J connectivity index is 1.93. The molecule has 1 heterocycles. The normalized spacial score (nSPS) is 11.1. The fourth-order valence-electron chi connectivity index (χ4n) is 3.29. The van der Waals surface area contributed by atoms with Crippen molar-refractivity contribution >= 4 is 21.6 Å². The largest absolute Gasteiger partial charge is 0.495 e. The first-order valence-corrected chi connectivity index (χ1v) is 11.4. The molecule has 1 aromatic heterocycles. The Kier molecular flexibility index (Phi) is 7.05. The van der Waals surface area contributed by atoms with Crippen LogP contribution in [0, 0.1) is 6.92 Å². The minimum atomic E-state index is -3.99. The molecule has 3 aromatic rings. The molecule has 0 bridgehead atoms. The predicted octanol–water partition coefficient (Wildman–Crippen LogP) is 4.25. The number of anilines is 1. The molecule has 2 aromatic carbocycles. The fraction of sp³-hybridized carbons (Fsp3) is 0.208. The summed E-state index contributed by atoms with van der Waals surface area (Å²) >= 11 is 0. The van der Waals surface area contributed by atoms with Crippen LogP contribution in [0.25, 0.3) is 0 Å². The number of aryl methyl sites for hydroxylation is 1. The van der Waals surface area contributed by atoms with Gasteiger partial charge >= 0.3 is 0 Å². The molecule has 1 amide bonds. The number of para-hydroxylation sites is 2. The lowest BCUT2D eigenvalue weighted by Gasteiger charge is -2.25. The molecule has 0 fully saturated rings. The summed E-state index contributed by atoms with van der Waals surface area (Å²) in [6.07, 6.45) is 1.50. The minimum absolute atomic E-state index is 0.00153. The van der Waals surface area contributed by atoms with E-state index in [0.717, 1.165) is 5.76 Å². The number of sulfonamides is 1. The maximum atomic E-state index is 13.5. The van der Waals surface area contributed by atoms with Gasteiger partial charge in [0.05, 0.1) is 30.8 Å². The molecule has 0 radical (unpaired) electrons. The summed E-state index contributed by atoms with van der Waals surface area (Å²) < 4.78 is 39.1. The summed E-state index contributed by atoms with van der Waals surface area (Å²) in [5.74, 6) is 1.50. The Hall–Kier alpha value is -3.52. The van der Waals surface area contributed by atoms with Crippen molar-refractivity contribution in [2.75, 3.05) is 25.0 Å². The first-order valence-electron chi connectivity index (χ1n) is 9.95. The second-order valence-electron chi connectivity index (χ2n) is 7.20. The number of methoxy groups -OCH3 is 1. The van der Waals surface area contributed by atoms with Gasteiger partial charge in [0.1, 0.15) is 17.3 Å². The molecule has 7 nitrogen and oxygen atoms in total. The zero-order chi connectivity index (χ0) is 23.3. The molecular formula is C24H26N2O5S. The molecule has 0 saturated heterocycles. The van der Waals surface area contributed by atoms with Gasteiger partial charge in [0.25, 0.3) is 15.9 Å². The van der Waals surface area contributed by atoms with Crippen molar-refractivity contribution in [1.82, 2.24) is 4.90 Å². The molecule has 0 aliphatic heterocycles. The quantitative estimate of drug-likeness (QED) is 0.452. The van der Waals surface area contributed by atoms with E-state index in [1.807, 2.05) is 13.0 Å². The van der Waals surface area contributed by atoms with Crippen LogP contribution in [0.15, 0.2) is 82.6 Å². The van der Waals surface area contributed by atoms with Gasteiger partial charge in [-0.1, -0.05) is 24.3 Å². The summed E-state index contributed by atoms with van der Waals surface area (Å²) in [6, 6.07) is 16.5. The lowest BCUT2D eigenvalue weighted by Crippen LogP contribution is -2.32. The molecule has 0 spiro atoms. The number of carbonyl (C=O) groups excluding carboxylic acids is 1. The first kappa shape index (κ1) is 23.1. The highest BCUT2D eigenvalue weighted by Crippen LogP contribution is 2.32. The van der Waals surface area contributed by atoms with E-state index in [4.69, 9.17) is 9.15 Å². The van der Waals surface area contributed by atoms with E-state index in [1.165, 1.54) is 34.5 Å². The first-order chi connectivity index (χ1) is 15.3. The van der Waals surface area contributed by atoms with Crippen LogP contribution in [0.2, 0.25) is 0 Å². The van der Waals surface area contributed by atoms with Gasteiger partial charge in [0, 0.05) is 12.6 Å². The molecule has 32 heavy (non-hydrogen) atoms. The fourth-order valence-corrected chi connectivity index (χ4v) is 4.78. The second kappa shape index (κ2) is 9.74. The van der Waals surface area contributed by atoms with Crippen LogP contribution in [-0.4, -0.2) is 39.9 Å². The number of hydrogen-bond donors (Lipinski definition) is 0. The third-order valence-corrected chi connectivity index (χ3v) is 6.63. The van der Waals surface area contributed by atoms with Crippen LogP contribution in [0.1, 0.15) is 21.9 Å². The van der Waals surface area contributed by atoms with Gasteiger partial charge in [-0.15, -0.1) is 6.58 Å². The molecule has 0 atom stereocenters. The number of benzene rings is 2. The highest BCUT2D eigenvalue weighted by Gasteiger charge is 2.27.